The molecule has 2 N–H and O–H groups in total. The molecule has 0 saturated carbocycles. The molecule has 148 valence electrons. The fourth-order valence-corrected chi connectivity index (χ4v) is 2.70. The highest BCUT2D eigenvalue weighted by Crippen LogP contribution is 2.29. The number of anilines is 2. The number of hydrogen-bond acceptors (Lipinski definition) is 5. The van der Waals surface area contributed by atoms with Gasteiger partial charge in [0.1, 0.15) is 17.2 Å². The number of amides is 2. The number of ether oxygens (including phenoxy) is 2. The van der Waals surface area contributed by atoms with Crippen LogP contribution in [0.3, 0.4) is 0 Å². The lowest BCUT2D eigenvalue weighted by atomic mass is 10.1. The maximum Gasteiger partial charge on any atom is 0.274 e. The summed E-state index contributed by atoms with van der Waals surface area (Å²) in [6.45, 7) is 1.91. The molecule has 1 heterocycles. The Hall–Kier alpha value is -3.87. The van der Waals surface area contributed by atoms with Crippen LogP contribution in [0, 0.1) is 6.92 Å². The van der Waals surface area contributed by atoms with Crippen LogP contribution in [-0.4, -0.2) is 31.0 Å². The number of para-hydroxylation sites is 1. The van der Waals surface area contributed by atoms with E-state index in [1.165, 1.54) is 26.5 Å². The van der Waals surface area contributed by atoms with E-state index in [1.807, 2.05) is 31.2 Å². The Morgan fingerprint density at radius 2 is 1.62 bits per heavy atom. The zero-order valence-electron chi connectivity index (χ0n) is 16.4. The molecule has 0 bridgehead atoms. The minimum absolute atomic E-state index is 0.104. The van der Waals surface area contributed by atoms with E-state index in [1.54, 1.807) is 24.3 Å². The highest BCUT2D eigenvalue weighted by Gasteiger charge is 2.15. The van der Waals surface area contributed by atoms with Crippen molar-refractivity contribution in [2.24, 2.45) is 0 Å². The zero-order valence-corrected chi connectivity index (χ0v) is 16.4. The minimum atomic E-state index is -0.470. The van der Waals surface area contributed by atoms with Crippen LogP contribution in [0.5, 0.6) is 11.5 Å². The molecule has 0 radical (unpaired) electrons. The molecule has 0 unspecified atom stereocenters. The average molecular weight is 391 g/mol. The first-order chi connectivity index (χ1) is 14.0. The van der Waals surface area contributed by atoms with E-state index in [2.05, 4.69) is 15.6 Å². The summed E-state index contributed by atoms with van der Waals surface area (Å²) in [4.78, 5) is 29.3. The molecule has 0 atom stereocenters. The minimum Gasteiger partial charge on any atom is -0.497 e. The van der Waals surface area contributed by atoms with Crippen molar-refractivity contribution in [2.75, 3.05) is 24.9 Å². The van der Waals surface area contributed by atoms with Crippen molar-refractivity contribution in [1.29, 1.82) is 0 Å². The van der Waals surface area contributed by atoms with Crippen molar-refractivity contribution < 1.29 is 19.1 Å². The van der Waals surface area contributed by atoms with Gasteiger partial charge in [-0.1, -0.05) is 18.2 Å². The van der Waals surface area contributed by atoms with Crippen LogP contribution < -0.4 is 20.1 Å². The predicted molar refractivity (Wildman–Crippen MR) is 111 cm³/mol. The van der Waals surface area contributed by atoms with Crippen LogP contribution in [0.1, 0.15) is 26.4 Å². The lowest BCUT2D eigenvalue weighted by Gasteiger charge is -2.12. The lowest BCUT2D eigenvalue weighted by molar-refractivity contribution is 0.102. The van der Waals surface area contributed by atoms with E-state index < -0.39 is 5.91 Å². The van der Waals surface area contributed by atoms with E-state index in [9.17, 15) is 9.59 Å². The quantitative estimate of drug-likeness (QED) is 0.665. The van der Waals surface area contributed by atoms with E-state index in [0.29, 0.717) is 28.4 Å². The molecule has 0 aliphatic carbocycles. The molecule has 29 heavy (non-hydrogen) atoms. The second-order valence-electron chi connectivity index (χ2n) is 6.22. The maximum absolute atomic E-state index is 12.7. The van der Waals surface area contributed by atoms with Crippen molar-refractivity contribution in [3.63, 3.8) is 0 Å². The Morgan fingerprint density at radius 1 is 0.862 bits per heavy atom. The van der Waals surface area contributed by atoms with Crippen LogP contribution in [0.15, 0.2) is 60.8 Å². The van der Waals surface area contributed by atoms with Gasteiger partial charge in [-0.3, -0.25) is 14.6 Å². The third-order valence-electron chi connectivity index (χ3n) is 4.30. The average Bonchev–Trinajstić information content (AvgIpc) is 2.75. The SMILES string of the molecule is COc1ccc(OC)c(NC(=O)c2cc(C(=O)Nc3ccccc3C)ccn2)c1. The standard InChI is InChI=1S/C22H21N3O4/c1-14-6-4-5-7-17(14)24-21(26)15-10-11-23-19(12-15)22(27)25-18-13-16(28-2)8-9-20(18)29-3/h4-13H,1-3H3,(H,24,26)(H,25,27). The van der Waals surface area contributed by atoms with Gasteiger partial charge >= 0.3 is 0 Å². The molecule has 7 nitrogen and oxygen atoms in total. The molecule has 0 aliphatic rings. The Labute approximate surface area is 168 Å². The summed E-state index contributed by atoms with van der Waals surface area (Å²) < 4.78 is 10.4. The number of rotatable bonds is 6. The summed E-state index contributed by atoms with van der Waals surface area (Å²) in [6.07, 6.45) is 1.42. The second-order valence-corrected chi connectivity index (χ2v) is 6.22. The molecule has 0 saturated heterocycles. The van der Waals surface area contributed by atoms with Gasteiger partial charge < -0.3 is 20.1 Å². The van der Waals surface area contributed by atoms with Gasteiger partial charge in [-0.05, 0) is 42.8 Å². The van der Waals surface area contributed by atoms with Gasteiger partial charge in [-0.2, -0.15) is 0 Å². The van der Waals surface area contributed by atoms with Crippen molar-refractivity contribution in [1.82, 2.24) is 4.98 Å². The number of benzene rings is 2. The zero-order chi connectivity index (χ0) is 20.8. The normalized spacial score (nSPS) is 10.2. The van der Waals surface area contributed by atoms with Crippen molar-refractivity contribution in [3.8, 4) is 11.5 Å². The monoisotopic (exact) mass is 391 g/mol. The number of nitrogens with one attached hydrogen (secondary N) is 2. The van der Waals surface area contributed by atoms with Crippen LogP contribution in [0.2, 0.25) is 0 Å². The van der Waals surface area contributed by atoms with Crippen LogP contribution in [0.25, 0.3) is 0 Å². The molecular formula is C22H21N3O4. The number of nitrogens with zero attached hydrogens (tertiary/aromatic N) is 1. The lowest BCUT2D eigenvalue weighted by Crippen LogP contribution is -2.17. The molecular weight excluding hydrogens is 370 g/mol. The van der Waals surface area contributed by atoms with Gasteiger partial charge in [0.2, 0.25) is 0 Å². The van der Waals surface area contributed by atoms with Gasteiger partial charge in [0.05, 0.1) is 19.9 Å². The Bertz CT molecular complexity index is 1050. The highest BCUT2D eigenvalue weighted by molar-refractivity contribution is 6.08. The van der Waals surface area contributed by atoms with E-state index in [0.717, 1.165) is 5.56 Å². The first-order valence-corrected chi connectivity index (χ1v) is 8.88. The van der Waals surface area contributed by atoms with Crippen molar-refractivity contribution in [2.45, 2.75) is 6.92 Å². The van der Waals surface area contributed by atoms with E-state index >= 15 is 0 Å². The molecule has 0 fully saturated rings. The fourth-order valence-electron chi connectivity index (χ4n) is 2.70. The maximum atomic E-state index is 12.7. The predicted octanol–water partition coefficient (Wildman–Crippen LogP) is 3.91. The molecule has 7 heteroatoms. The van der Waals surface area contributed by atoms with Gasteiger partial charge in [0, 0.05) is 23.5 Å². The molecule has 3 aromatic rings. The molecule has 2 aromatic carbocycles. The third-order valence-corrected chi connectivity index (χ3v) is 4.30. The van der Waals surface area contributed by atoms with Crippen LogP contribution in [0.4, 0.5) is 11.4 Å². The number of methoxy groups -OCH3 is 2. The number of carbonyl (C=O) groups excluding carboxylic acids is 2. The Balaban J connectivity index is 1.79. The summed E-state index contributed by atoms with van der Waals surface area (Å²) in [5, 5.41) is 5.58. The number of aromatic nitrogens is 1. The topological polar surface area (TPSA) is 89.5 Å². The molecule has 1 aromatic heterocycles. The summed E-state index contributed by atoms with van der Waals surface area (Å²) in [7, 11) is 3.04. The number of aryl methyl sites for hydroxylation is 1. The van der Waals surface area contributed by atoms with Crippen LogP contribution >= 0.6 is 0 Å². The summed E-state index contributed by atoms with van der Waals surface area (Å²) in [5.74, 6) is 0.254. The molecule has 2 amide bonds. The summed E-state index contributed by atoms with van der Waals surface area (Å²) in [5.41, 5.74) is 2.52. The first kappa shape index (κ1) is 19.9. The summed E-state index contributed by atoms with van der Waals surface area (Å²) in [6, 6.07) is 15.5. The van der Waals surface area contributed by atoms with Crippen molar-refractivity contribution in [3.05, 3.63) is 77.6 Å². The molecule has 0 spiro atoms. The van der Waals surface area contributed by atoms with E-state index in [-0.39, 0.29) is 11.6 Å². The van der Waals surface area contributed by atoms with Gasteiger partial charge in [-0.15, -0.1) is 0 Å². The fraction of sp³-hybridized carbons (Fsp3) is 0.136. The highest BCUT2D eigenvalue weighted by atomic mass is 16.5. The van der Waals surface area contributed by atoms with E-state index in [4.69, 9.17) is 9.47 Å². The van der Waals surface area contributed by atoms with Gasteiger partial charge in [-0.25, -0.2) is 0 Å². The van der Waals surface area contributed by atoms with Gasteiger partial charge in [0.25, 0.3) is 11.8 Å². The van der Waals surface area contributed by atoms with Crippen LogP contribution in [-0.2, 0) is 0 Å². The number of hydrogen-bond donors (Lipinski definition) is 2. The molecule has 3 rings (SSSR count). The first-order valence-electron chi connectivity index (χ1n) is 8.88. The van der Waals surface area contributed by atoms with Gasteiger partial charge in [0.15, 0.2) is 0 Å². The Morgan fingerprint density at radius 3 is 2.34 bits per heavy atom. The largest absolute Gasteiger partial charge is 0.497 e. The Kier molecular flexibility index (Phi) is 6.09. The smallest absolute Gasteiger partial charge is 0.274 e. The second kappa shape index (κ2) is 8.88. The number of carbonyl (C=O) groups is 2. The third kappa shape index (κ3) is 4.70. The summed E-state index contributed by atoms with van der Waals surface area (Å²) >= 11 is 0. The molecule has 0 aliphatic heterocycles. The van der Waals surface area contributed by atoms with Crippen molar-refractivity contribution >= 4 is 23.2 Å². The number of pyridine rings is 1.